The van der Waals surface area contributed by atoms with Gasteiger partial charge >= 0.3 is 0 Å². The Morgan fingerprint density at radius 3 is 2.53 bits per heavy atom. The summed E-state index contributed by atoms with van der Waals surface area (Å²) in [7, 11) is 1.62. The molecule has 0 radical (unpaired) electrons. The Morgan fingerprint density at radius 2 is 1.86 bits per heavy atom. The number of carbonyl (C=O) groups excluding carboxylic acids is 2. The number of furan rings is 1. The van der Waals surface area contributed by atoms with Crippen molar-refractivity contribution in [2.24, 2.45) is 0 Å². The van der Waals surface area contributed by atoms with Crippen LogP contribution in [0.3, 0.4) is 0 Å². The van der Waals surface area contributed by atoms with Gasteiger partial charge in [-0.3, -0.25) is 14.3 Å². The van der Waals surface area contributed by atoms with Gasteiger partial charge in [-0.2, -0.15) is 5.10 Å². The number of hydrogen-bond donors (Lipinski definition) is 1. The van der Waals surface area contributed by atoms with E-state index < -0.39 is 5.54 Å². The molecule has 1 aliphatic carbocycles. The summed E-state index contributed by atoms with van der Waals surface area (Å²) in [5, 5.41) is 8.03. The van der Waals surface area contributed by atoms with E-state index in [0.717, 1.165) is 37.0 Å². The fourth-order valence-electron chi connectivity index (χ4n) is 5.29. The molecule has 1 atom stereocenters. The van der Waals surface area contributed by atoms with Gasteiger partial charge in [-0.25, -0.2) is 0 Å². The zero-order chi connectivity index (χ0) is 25.1. The molecule has 0 unspecified atom stereocenters. The number of hydrogen-bond acceptors (Lipinski definition) is 5. The first-order chi connectivity index (χ1) is 17.5. The van der Waals surface area contributed by atoms with Crippen molar-refractivity contribution >= 4 is 11.8 Å². The molecular weight excluding hydrogens is 456 g/mol. The predicted molar refractivity (Wildman–Crippen MR) is 135 cm³/mol. The molecule has 1 saturated carbocycles. The maximum absolute atomic E-state index is 13.8. The number of rotatable bonds is 6. The second-order valence-corrected chi connectivity index (χ2v) is 10.1. The highest BCUT2D eigenvalue weighted by molar-refractivity contribution is 6.00. The molecule has 3 heterocycles. The van der Waals surface area contributed by atoms with Crippen molar-refractivity contribution in [1.29, 1.82) is 0 Å². The molecule has 2 amide bonds. The summed E-state index contributed by atoms with van der Waals surface area (Å²) in [6.45, 7) is 2.32. The number of amides is 2. The minimum absolute atomic E-state index is 0.129. The number of nitrogens with zero attached hydrogens (tertiary/aromatic N) is 3. The first-order valence-electron chi connectivity index (χ1n) is 12.9. The van der Waals surface area contributed by atoms with Gasteiger partial charge in [0.25, 0.3) is 5.91 Å². The van der Waals surface area contributed by atoms with Gasteiger partial charge in [-0.1, -0.05) is 32.1 Å². The molecule has 8 nitrogen and oxygen atoms in total. The lowest BCUT2D eigenvalue weighted by Gasteiger charge is -2.43. The predicted octanol–water partition coefficient (Wildman–Crippen LogP) is 4.80. The molecule has 5 rings (SSSR count). The Kier molecular flexibility index (Phi) is 6.85. The quantitative estimate of drug-likeness (QED) is 0.536. The molecule has 190 valence electrons. The van der Waals surface area contributed by atoms with Gasteiger partial charge < -0.3 is 19.4 Å². The van der Waals surface area contributed by atoms with Crippen molar-refractivity contribution in [3.63, 3.8) is 0 Å². The van der Waals surface area contributed by atoms with Crippen molar-refractivity contribution < 1.29 is 18.7 Å². The molecular formula is C28H34N4O4. The normalized spacial score (nSPS) is 20.9. The third kappa shape index (κ3) is 4.76. The van der Waals surface area contributed by atoms with Gasteiger partial charge in [-0.05, 0) is 62.2 Å². The second kappa shape index (κ2) is 10.2. The molecule has 0 spiro atoms. The summed E-state index contributed by atoms with van der Waals surface area (Å²) in [6, 6.07) is 13.1. The maximum Gasteiger partial charge on any atom is 0.273 e. The largest absolute Gasteiger partial charge is 0.497 e. The van der Waals surface area contributed by atoms with Crippen LogP contribution in [0.15, 0.2) is 53.1 Å². The zero-order valence-electron chi connectivity index (χ0n) is 21.0. The lowest BCUT2D eigenvalue weighted by atomic mass is 9.92. The van der Waals surface area contributed by atoms with Crippen LogP contribution in [0.25, 0.3) is 11.3 Å². The van der Waals surface area contributed by atoms with Crippen molar-refractivity contribution in [1.82, 2.24) is 20.0 Å². The molecule has 0 saturated heterocycles. The first-order valence-corrected chi connectivity index (χ1v) is 12.9. The fourth-order valence-corrected chi connectivity index (χ4v) is 5.29. The highest BCUT2D eigenvalue weighted by Gasteiger charge is 2.48. The van der Waals surface area contributed by atoms with Crippen LogP contribution in [0.5, 0.6) is 5.75 Å². The minimum atomic E-state index is -1.11. The standard InChI is InChI=1S/C28H34N4O4/c1-28(27(34)29-21-9-6-4-3-5-7-10-21)19-32-25(26(33)31(28)18-23-11-8-16-36-23)17-24(30-32)20-12-14-22(35-2)15-13-20/h8,11-17,21H,3-7,9-10,18-19H2,1-2H3,(H,29,34)/t28-/m1/s1. The minimum Gasteiger partial charge on any atom is -0.497 e. The number of aromatic nitrogens is 2. The number of carbonyl (C=O) groups is 2. The highest BCUT2D eigenvalue weighted by Crippen LogP contribution is 2.32. The lowest BCUT2D eigenvalue weighted by molar-refractivity contribution is -0.134. The van der Waals surface area contributed by atoms with Crippen molar-refractivity contribution in [2.45, 2.75) is 76.5 Å². The van der Waals surface area contributed by atoms with Gasteiger partial charge in [-0.15, -0.1) is 0 Å². The van der Waals surface area contributed by atoms with Crippen LogP contribution in [0.4, 0.5) is 0 Å². The average Bonchev–Trinajstić information content (AvgIpc) is 3.53. The summed E-state index contributed by atoms with van der Waals surface area (Å²) in [6.07, 6.45) is 9.45. The van der Waals surface area contributed by atoms with Crippen molar-refractivity contribution in [3.05, 3.63) is 60.2 Å². The Hall–Kier alpha value is -3.55. The SMILES string of the molecule is COc1ccc(-c2cc3n(n2)C[C@](C)(C(=O)NC2CCCCCCC2)N(Cc2ccco2)C3=O)cc1. The van der Waals surface area contributed by atoms with E-state index >= 15 is 0 Å². The number of ether oxygens (including phenoxy) is 1. The average molecular weight is 491 g/mol. The van der Waals surface area contributed by atoms with E-state index in [0.29, 0.717) is 17.1 Å². The number of nitrogens with one attached hydrogen (secondary N) is 1. The Morgan fingerprint density at radius 1 is 1.14 bits per heavy atom. The van der Waals surface area contributed by atoms with E-state index in [9.17, 15) is 9.59 Å². The van der Waals surface area contributed by atoms with Crippen LogP contribution in [0, 0.1) is 0 Å². The Balaban J connectivity index is 1.46. The second-order valence-electron chi connectivity index (χ2n) is 10.1. The molecule has 1 aliphatic heterocycles. The molecule has 8 heteroatoms. The molecule has 1 aromatic carbocycles. The summed E-state index contributed by atoms with van der Waals surface area (Å²) < 4.78 is 12.5. The number of benzene rings is 1. The lowest BCUT2D eigenvalue weighted by Crippen LogP contribution is -2.64. The molecule has 3 aromatic rings. The highest BCUT2D eigenvalue weighted by atomic mass is 16.5. The van der Waals surface area contributed by atoms with E-state index in [-0.39, 0.29) is 30.9 Å². The van der Waals surface area contributed by atoms with E-state index in [1.54, 1.807) is 35.1 Å². The Bertz CT molecular complexity index is 1190. The first kappa shape index (κ1) is 24.2. The van der Waals surface area contributed by atoms with Crippen molar-refractivity contribution in [2.75, 3.05) is 7.11 Å². The Labute approximate surface area is 211 Å². The third-order valence-corrected chi connectivity index (χ3v) is 7.51. The monoisotopic (exact) mass is 490 g/mol. The van der Waals surface area contributed by atoms with Crippen molar-refractivity contribution in [3.8, 4) is 17.0 Å². The summed E-state index contributed by atoms with van der Waals surface area (Å²) in [4.78, 5) is 29.3. The maximum atomic E-state index is 13.8. The zero-order valence-corrected chi connectivity index (χ0v) is 21.0. The van der Waals surface area contributed by atoms with Crippen LogP contribution in [-0.4, -0.2) is 45.2 Å². The summed E-state index contributed by atoms with van der Waals surface area (Å²) >= 11 is 0. The van der Waals surface area contributed by atoms with Gasteiger partial charge in [0.05, 0.1) is 32.2 Å². The van der Waals surface area contributed by atoms with Gasteiger partial charge in [0, 0.05) is 11.6 Å². The van der Waals surface area contributed by atoms with E-state index in [4.69, 9.17) is 14.3 Å². The van der Waals surface area contributed by atoms with Gasteiger partial charge in [0.15, 0.2) is 0 Å². The molecule has 1 fully saturated rings. The fraction of sp³-hybridized carbons (Fsp3) is 0.464. The topological polar surface area (TPSA) is 89.6 Å². The smallest absolute Gasteiger partial charge is 0.273 e. The van der Waals surface area contributed by atoms with Gasteiger partial charge in [0.2, 0.25) is 5.91 Å². The third-order valence-electron chi connectivity index (χ3n) is 7.51. The van der Waals surface area contributed by atoms with Crippen LogP contribution < -0.4 is 10.1 Å². The summed E-state index contributed by atoms with van der Waals surface area (Å²) in [5.74, 6) is 1.01. The van der Waals surface area contributed by atoms with Crippen LogP contribution >= 0.6 is 0 Å². The van der Waals surface area contributed by atoms with E-state index in [2.05, 4.69) is 5.32 Å². The molecule has 2 aromatic heterocycles. The summed E-state index contributed by atoms with van der Waals surface area (Å²) in [5.41, 5.74) is 0.915. The van der Waals surface area contributed by atoms with Gasteiger partial charge in [0.1, 0.15) is 22.7 Å². The number of methoxy groups -OCH3 is 1. The van der Waals surface area contributed by atoms with Crippen LogP contribution in [0.2, 0.25) is 0 Å². The molecule has 1 N–H and O–H groups in total. The molecule has 36 heavy (non-hydrogen) atoms. The van der Waals surface area contributed by atoms with E-state index in [1.807, 2.05) is 37.3 Å². The number of fused-ring (bicyclic) bond motifs is 1. The van der Waals surface area contributed by atoms with Crippen LogP contribution in [0.1, 0.15) is 68.1 Å². The van der Waals surface area contributed by atoms with E-state index in [1.165, 1.54) is 19.3 Å². The molecule has 0 bridgehead atoms. The molecule has 2 aliphatic rings. The van der Waals surface area contributed by atoms with Crippen LogP contribution in [-0.2, 0) is 17.9 Å².